The standard InChI is InChI=1S/C41H24N6/c1-3-9-25(10-4-1)45-33-14-8-7-13-29(33)38-36(45)18-17-28-27-15-16-30-37(39(27)46(40(28)38)26-11-5-2-6-12-26)31-23-42-21-19-34(31)47-35-20-22-43-24-32(35)44-41(30)47/h1-24H. The Hall–Kier alpha value is -6.53. The van der Waals surface area contributed by atoms with Gasteiger partial charge in [0, 0.05) is 67.7 Å². The number of para-hydroxylation sites is 3. The van der Waals surface area contributed by atoms with Crippen molar-refractivity contribution in [2.24, 2.45) is 0 Å². The molecule has 0 amide bonds. The molecule has 5 aromatic carbocycles. The van der Waals surface area contributed by atoms with Crippen molar-refractivity contribution in [1.29, 1.82) is 0 Å². The molecule has 47 heavy (non-hydrogen) atoms. The van der Waals surface area contributed by atoms with Crippen LogP contribution in [-0.4, -0.2) is 28.5 Å². The molecular formula is C41H24N6. The van der Waals surface area contributed by atoms with Gasteiger partial charge in [0.2, 0.25) is 0 Å². The SMILES string of the molecule is c1ccc(-n2c3ccccc3c3c2ccc2c4ccc5c(c6cnccc6n6c7ccncc7nc56)c4n(-c4ccccc4)c23)cc1. The molecule has 0 radical (unpaired) electrons. The highest BCUT2D eigenvalue weighted by atomic mass is 15.0. The van der Waals surface area contributed by atoms with Crippen LogP contribution in [0.2, 0.25) is 0 Å². The molecule has 0 bridgehead atoms. The Morgan fingerprint density at radius 2 is 1.04 bits per heavy atom. The van der Waals surface area contributed by atoms with E-state index in [4.69, 9.17) is 4.98 Å². The lowest BCUT2D eigenvalue weighted by atomic mass is 10.0. The molecule has 0 aliphatic carbocycles. The number of aromatic nitrogens is 6. The van der Waals surface area contributed by atoms with Gasteiger partial charge >= 0.3 is 0 Å². The highest BCUT2D eigenvalue weighted by Gasteiger charge is 2.24. The number of fused-ring (bicyclic) bond motifs is 16. The van der Waals surface area contributed by atoms with Gasteiger partial charge in [0.1, 0.15) is 11.2 Å². The van der Waals surface area contributed by atoms with Gasteiger partial charge in [-0.1, -0.05) is 66.7 Å². The summed E-state index contributed by atoms with van der Waals surface area (Å²) in [5.74, 6) is 0. The molecule has 11 aromatic rings. The topological polar surface area (TPSA) is 52.9 Å². The van der Waals surface area contributed by atoms with Crippen molar-refractivity contribution in [1.82, 2.24) is 28.5 Å². The normalized spacial score (nSPS) is 12.3. The van der Waals surface area contributed by atoms with E-state index in [0.717, 1.165) is 55.2 Å². The molecular weight excluding hydrogens is 576 g/mol. The van der Waals surface area contributed by atoms with Crippen LogP contribution in [0.5, 0.6) is 0 Å². The maximum absolute atomic E-state index is 5.15. The van der Waals surface area contributed by atoms with Crippen molar-refractivity contribution in [2.45, 2.75) is 0 Å². The average molecular weight is 601 g/mol. The summed E-state index contributed by atoms with van der Waals surface area (Å²) in [5, 5.41) is 8.17. The average Bonchev–Trinajstić information content (AvgIpc) is 3.80. The Labute approximate surface area is 267 Å². The van der Waals surface area contributed by atoms with Crippen LogP contribution in [0.4, 0.5) is 0 Å². The third-order valence-electron chi connectivity index (χ3n) is 9.76. The summed E-state index contributed by atoms with van der Waals surface area (Å²) >= 11 is 0. The Morgan fingerprint density at radius 1 is 0.404 bits per heavy atom. The van der Waals surface area contributed by atoms with E-state index >= 15 is 0 Å². The number of benzene rings is 5. The summed E-state index contributed by atoms with van der Waals surface area (Å²) < 4.78 is 7.12. The number of hydrogen-bond donors (Lipinski definition) is 0. The minimum absolute atomic E-state index is 0.872. The fourth-order valence-electron chi connectivity index (χ4n) is 7.93. The summed E-state index contributed by atoms with van der Waals surface area (Å²) in [6.45, 7) is 0. The second-order valence-corrected chi connectivity index (χ2v) is 12.1. The number of imidazole rings is 1. The Balaban J connectivity index is 1.44. The molecule has 0 unspecified atom stereocenters. The zero-order valence-electron chi connectivity index (χ0n) is 25.0. The molecule has 6 nitrogen and oxygen atoms in total. The van der Waals surface area contributed by atoms with Gasteiger partial charge in [-0.15, -0.1) is 0 Å². The summed E-state index contributed by atoms with van der Waals surface area (Å²) in [5.41, 5.74) is 10.9. The van der Waals surface area contributed by atoms with Gasteiger partial charge in [0.15, 0.2) is 0 Å². The maximum Gasteiger partial charge on any atom is 0.146 e. The Morgan fingerprint density at radius 3 is 1.85 bits per heavy atom. The minimum Gasteiger partial charge on any atom is -0.309 e. The van der Waals surface area contributed by atoms with Crippen LogP contribution in [0.1, 0.15) is 0 Å². The van der Waals surface area contributed by atoms with Gasteiger partial charge in [-0.2, -0.15) is 0 Å². The number of nitrogens with zero attached hydrogens (tertiary/aromatic N) is 6. The first kappa shape index (κ1) is 24.8. The monoisotopic (exact) mass is 600 g/mol. The summed E-state index contributed by atoms with van der Waals surface area (Å²) in [6, 6.07) is 43.4. The third kappa shape index (κ3) is 3.16. The molecule has 0 aliphatic heterocycles. The van der Waals surface area contributed by atoms with E-state index in [1.54, 1.807) is 0 Å². The van der Waals surface area contributed by atoms with E-state index in [9.17, 15) is 0 Å². The lowest BCUT2D eigenvalue weighted by Crippen LogP contribution is -1.97. The van der Waals surface area contributed by atoms with E-state index in [2.05, 4.69) is 139 Å². The largest absolute Gasteiger partial charge is 0.309 e. The van der Waals surface area contributed by atoms with Crippen LogP contribution in [-0.2, 0) is 0 Å². The summed E-state index contributed by atoms with van der Waals surface area (Å²) in [6.07, 6.45) is 7.56. The second kappa shape index (κ2) is 9.02. The van der Waals surface area contributed by atoms with Crippen LogP contribution >= 0.6 is 0 Å². The minimum atomic E-state index is 0.872. The fourth-order valence-corrected chi connectivity index (χ4v) is 7.93. The van der Waals surface area contributed by atoms with E-state index < -0.39 is 0 Å². The van der Waals surface area contributed by atoms with Crippen molar-refractivity contribution in [3.63, 3.8) is 0 Å². The highest BCUT2D eigenvalue weighted by molar-refractivity contribution is 6.32. The van der Waals surface area contributed by atoms with Crippen LogP contribution in [0.25, 0.3) is 93.3 Å². The van der Waals surface area contributed by atoms with E-state index in [0.29, 0.717) is 0 Å². The molecule has 11 rings (SSSR count). The van der Waals surface area contributed by atoms with Crippen molar-refractivity contribution in [2.75, 3.05) is 0 Å². The lowest BCUT2D eigenvalue weighted by Gasteiger charge is -2.13. The summed E-state index contributed by atoms with van der Waals surface area (Å²) in [4.78, 5) is 14.2. The zero-order chi connectivity index (χ0) is 30.6. The maximum atomic E-state index is 5.15. The number of hydrogen-bond acceptors (Lipinski definition) is 3. The van der Waals surface area contributed by atoms with Gasteiger partial charge in [-0.3, -0.25) is 14.4 Å². The van der Waals surface area contributed by atoms with Crippen LogP contribution in [0.15, 0.2) is 146 Å². The highest BCUT2D eigenvalue weighted by Crippen LogP contribution is 2.45. The van der Waals surface area contributed by atoms with Crippen molar-refractivity contribution >= 4 is 82.0 Å². The predicted octanol–water partition coefficient (Wildman–Crippen LogP) is 9.78. The molecule has 0 fully saturated rings. The van der Waals surface area contributed by atoms with E-state index in [-0.39, 0.29) is 0 Å². The van der Waals surface area contributed by atoms with Gasteiger partial charge in [-0.25, -0.2) is 4.98 Å². The quantitative estimate of drug-likeness (QED) is 0.186. The fraction of sp³-hybridized carbons (Fsp3) is 0. The molecule has 0 saturated heterocycles. The van der Waals surface area contributed by atoms with Crippen molar-refractivity contribution < 1.29 is 0 Å². The smallest absolute Gasteiger partial charge is 0.146 e. The molecule has 218 valence electrons. The van der Waals surface area contributed by atoms with Crippen LogP contribution < -0.4 is 0 Å². The molecule has 0 aliphatic rings. The van der Waals surface area contributed by atoms with Gasteiger partial charge in [0.25, 0.3) is 0 Å². The van der Waals surface area contributed by atoms with Crippen LogP contribution in [0, 0.1) is 0 Å². The molecule has 0 atom stereocenters. The Kier molecular flexibility index (Phi) is 4.75. The van der Waals surface area contributed by atoms with Crippen molar-refractivity contribution in [3.8, 4) is 11.4 Å². The first-order valence-corrected chi connectivity index (χ1v) is 15.8. The molecule has 0 saturated carbocycles. The first-order valence-electron chi connectivity index (χ1n) is 15.8. The Bertz CT molecular complexity index is 3060. The van der Waals surface area contributed by atoms with Crippen LogP contribution in [0.3, 0.4) is 0 Å². The molecule has 0 N–H and O–H groups in total. The third-order valence-corrected chi connectivity index (χ3v) is 9.76. The zero-order valence-corrected chi connectivity index (χ0v) is 25.0. The molecule has 0 spiro atoms. The summed E-state index contributed by atoms with van der Waals surface area (Å²) in [7, 11) is 0. The molecule has 6 heteroatoms. The number of rotatable bonds is 2. The molecule has 6 aromatic heterocycles. The molecule has 6 heterocycles. The van der Waals surface area contributed by atoms with Crippen molar-refractivity contribution in [3.05, 3.63) is 146 Å². The predicted molar refractivity (Wildman–Crippen MR) is 192 cm³/mol. The van der Waals surface area contributed by atoms with E-state index in [1.165, 1.54) is 38.1 Å². The second-order valence-electron chi connectivity index (χ2n) is 12.1. The van der Waals surface area contributed by atoms with Gasteiger partial charge < -0.3 is 9.13 Å². The first-order chi connectivity index (χ1) is 23.4. The number of pyridine rings is 3. The van der Waals surface area contributed by atoms with Gasteiger partial charge in [-0.05, 0) is 54.6 Å². The van der Waals surface area contributed by atoms with Gasteiger partial charge in [0.05, 0.1) is 39.3 Å². The van der Waals surface area contributed by atoms with E-state index in [1.807, 2.05) is 30.9 Å². The lowest BCUT2D eigenvalue weighted by molar-refractivity contribution is 1.18.